The average molecular weight is 566 g/mol. The van der Waals surface area contributed by atoms with E-state index >= 15 is 0 Å². The molecule has 0 bridgehead atoms. The van der Waals surface area contributed by atoms with Crippen LogP contribution in [0.3, 0.4) is 0 Å². The Balaban J connectivity index is 1.69. The van der Waals surface area contributed by atoms with Crippen molar-refractivity contribution in [1.29, 1.82) is 0 Å². The second kappa shape index (κ2) is 10.7. The lowest BCUT2D eigenvalue weighted by atomic mass is 9.93. The zero-order chi connectivity index (χ0) is 28.7. The first kappa shape index (κ1) is 26.5. The number of aromatic nitrogens is 1. The summed E-state index contributed by atoms with van der Waals surface area (Å²) in [5.74, 6) is -0.150. The minimum Gasteiger partial charge on any atom is -0.494 e. The van der Waals surface area contributed by atoms with Crippen LogP contribution in [0.1, 0.15) is 36.6 Å². The molecule has 206 valence electrons. The quantitative estimate of drug-likeness (QED) is 0.333. The van der Waals surface area contributed by atoms with E-state index in [1.807, 2.05) is 85.8 Å². The Morgan fingerprint density at radius 3 is 2.34 bits per heavy atom. The van der Waals surface area contributed by atoms with Crippen molar-refractivity contribution >= 4 is 40.2 Å². The van der Waals surface area contributed by atoms with Gasteiger partial charge in [-0.3, -0.25) is 14.2 Å². The molecule has 4 aromatic rings. The molecule has 1 amide bonds. The normalized spacial score (nSPS) is 17.2. The molecule has 0 spiro atoms. The van der Waals surface area contributed by atoms with E-state index in [4.69, 9.17) is 14.5 Å². The van der Waals surface area contributed by atoms with Crippen molar-refractivity contribution in [3.63, 3.8) is 0 Å². The van der Waals surface area contributed by atoms with Gasteiger partial charge in [-0.15, -0.1) is 0 Å². The Bertz CT molecular complexity index is 1890. The lowest BCUT2D eigenvalue weighted by Crippen LogP contribution is -2.40. The van der Waals surface area contributed by atoms with Crippen LogP contribution in [0.25, 0.3) is 11.3 Å². The first-order valence-electron chi connectivity index (χ1n) is 13.4. The Labute approximate surface area is 240 Å². The third kappa shape index (κ3) is 4.38. The van der Waals surface area contributed by atoms with Crippen LogP contribution in [0.2, 0.25) is 0 Å². The second-order valence-electron chi connectivity index (χ2n) is 9.51. The Kier molecular flexibility index (Phi) is 6.88. The molecular formula is C32H27N3O5S. The third-order valence-corrected chi connectivity index (χ3v) is 8.19. The van der Waals surface area contributed by atoms with Gasteiger partial charge in [0.05, 0.1) is 41.8 Å². The molecule has 0 aliphatic carbocycles. The molecule has 2 aliphatic heterocycles. The highest BCUT2D eigenvalue weighted by Crippen LogP contribution is 2.37. The Morgan fingerprint density at radius 2 is 1.63 bits per heavy atom. The second-order valence-corrected chi connectivity index (χ2v) is 10.5. The number of anilines is 1. The fraction of sp³-hybridized carbons (Fsp3) is 0.188. The number of hydrogen-bond donors (Lipinski definition) is 0. The molecule has 0 saturated heterocycles. The summed E-state index contributed by atoms with van der Waals surface area (Å²) < 4.78 is 13.0. The van der Waals surface area contributed by atoms with Crippen molar-refractivity contribution in [3.8, 4) is 5.75 Å². The van der Waals surface area contributed by atoms with Crippen molar-refractivity contribution in [2.24, 2.45) is 4.99 Å². The fourth-order valence-electron chi connectivity index (χ4n) is 5.31. The molecule has 0 radical (unpaired) electrons. The number of carbonyl (C=O) groups is 2. The van der Waals surface area contributed by atoms with Gasteiger partial charge >= 0.3 is 5.97 Å². The van der Waals surface area contributed by atoms with Crippen LogP contribution >= 0.6 is 11.3 Å². The summed E-state index contributed by atoms with van der Waals surface area (Å²) in [6.07, 6.45) is 0. The molecule has 2 aliphatic rings. The molecular weight excluding hydrogens is 538 g/mol. The smallest absolute Gasteiger partial charge is 0.338 e. The highest BCUT2D eigenvalue weighted by atomic mass is 32.1. The van der Waals surface area contributed by atoms with Gasteiger partial charge in [-0.25, -0.2) is 9.79 Å². The largest absolute Gasteiger partial charge is 0.494 e. The summed E-state index contributed by atoms with van der Waals surface area (Å²) in [7, 11) is 1.69. The summed E-state index contributed by atoms with van der Waals surface area (Å²) in [4.78, 5) is 48.2. The molecule has 3 aromatic carbocycles. The number of amides is 1. The maximum atomic E-state index is 14.3. The SMILES string of the molecule is CCOC(=O)C1=C(c2ccccc2)N=c2s/c(=C3/C(=O)N(C)c4ccccc43)c(=O)n2[C@H]1c1ccc(OCC)cc1. The van der Waals surface area contributed by atoms with Crippen LogP contribution < -0.4 is 24.5 Å². The van der Waals surface area contributed by atoms with Gasteiger partial charge < -0.3 is 14.4 Å². The first-order chi connectivity index (χ1) is 19.9. The lowest BCUT2D eigenvalue weighted by molar-refractivity contribution is -0.138. The number of carbonyl (C=O) groups excluding carboxylic acids is 2. The average Bonchev–Trinajstić information content (AvgIpc) is 3.45. The van der Waals surface area contributed by atoms with Gasteiger partial charge in [0.15, 0.2) is 4.80 Å². The topological polar surface area (TPSA) is 90.2 Å². The number of fused-ring (bicyclic) bond motifs is 2. The number of esters is 1. The van der Waals surface area contributed by atoms with E-state index in [0.29, 0.717) is 39.6 Å². The maximum absolute atomic E-state index is 14.3. The monoisotopic (exact) mass is 565 g/mol. The van der Waals surface area contributed by atoms with E-state index < -0.39 is 17.6 Å². The maximum Gasteiger partial charge on any atom is 0.338 e. The minimum absolute atomic E-state index is 0.159. The van der Waals surface area contributed by atoms with Gasteiger partial charge in [0, 0.05) is 18.2 Å². The molecule has 41 heavy (non-hydrogen) atoms. The summed E-state index contributed by atoms with van der Waals surface area (Å²) >= 11 is 1.15. The molecule has 1 atom stereocenters. The summed E-state index contributed by atoms with van der Waals surface area (Å²) in [5.41, 5.74) is 3.45. The van der Waals surface area contributed by atoms with Crippen molar-refractivity contribution in [3.05, 3.63) is 121 Å². The number of para-hydroxylation sites is 1. The van der Waals surface area contributed by atoms with Gasteiger partial charge in [0.25, 0.3) is 11.5 Å². The number of rotatable bonds is 6. The number of hydrogen-bond acceptors (Lipinski definition) is 7. The predicted octanol–water partition coefficient (Wildman–Crippen LogP) is 3.68. The van der Waals surface area contributed by atoms with Crippen LogP contribution in [-0.2, 0) is 14.3 Å². The highest BCUT2D eigenvalue weighted by Gasteiger charge is 2.37. The molecule has 0 unspecified atom stereocenters. The van der Waals surface area contributed by atoms with E-state index in [9.17, 15) is 14.4 Å². The van der Waals surface area contributed by atoms with Gasteiger partial charge in [-0.1, -0.05) is 72.0 Å². The van der Waals surface area contributed by atoms with Crippen LogP contribution in [0.15, 0.2) is 94.2 Å². The molecule has 8 nitrogen and oxygen atoms in total. The molecule has 9 heteroatoms. The molecule has 6 rings (SSSR count). The summed E-state index contributed by atoms with van der Waals surface area (Å²) in [6.45, 7) is 4.31. The third-order valence-electron chi connectivity index (χ3n) is 7.14. The zero-order valence-electron chi connectivity index (χ0n) is 22.8. The summed E-state index contributed by atoms with van der Waals surface area (Å²) in [6, 6.07) is 23.2. The van der Waals surface area contributed by atoms with Crippen LogP contribution in [-0.4, -0.2) is 36.7 Å². The van der Waals surface area contributed by atoms with E-state index in [1.54, 1.807) is 18.9 Å². The van der Waals surface area contributed by atoms with E-state index in [2.05, 4.69) is 0 Å². The number of nitrogens with zero attached hydrogens (tertiary/aromatic N) is 3. The highest BCUT2D eigenvalue weighted by molar-refractivity contribution is 7.07. The van der Waals surface area contributed by atoms with Gasteiger partial charge in [-0.05, 0) is 37.6 Å². The lowest BCUT2D eigenvalue weighted by Gasteiger charge is -2.26. The minimum atomic E-state index is -0.838. The van der Waals surface area contributed by atoms with Gasteiger partial charge in [0.1, 0.15) is 10.3 Å². The number of thiazole rings is 1. The first-order valence-corrected chi connectivity index (χ1v) is 14.2. The van der Waals surface area contributed by atoms with Gasteiger partial charge in [0.2, 0.25) is 0 Å². The van der Waals surface area contributed by atoms with Crippen molar-refractivity contribution in [2.75, 3.05) is 25.2 Å². The Hall–Kier alpha value is -4.76. The molecule has 0 fully saturated rings. The van der Waals surface area contributed by atoms with E-state index in [-0.39, 0.29) is 22.6 Å². The van der Waals surface area contributed by atoms with Gasteiger partial charge in [-0.2, -0.15) is 0 Å². The molecule has 0 N–H and O–H groups in total. The molecule has 1 aromatic heterocycles. The van der Waals surface area contributed by atoms with Crippen molar-refractivity contribution in [2.45, 2.75) is 19.9 Å². The predicted molar refractivity (Wildman–Crippen MR) is 157 cm³/mol. The fourth-order valence-corrected chi connectivity index (χ4v) is 6.40. The van der Waals surface area contributed by atoms with Crippen molar-refractivity contribution in [1.82, 2.24) is 4.57 Å². The number of likely N-dealkylation sites (N-methyl/N-ethyl adjacent to an activating group) is 1. The molecule has 3 heterocycles. The summed E-state index contributed by atoms with van der Waals surface area (Å²) in [5, 5.41) is 0. The van der Waals surface area contributed by atoms with E-state index in [1.165, 1.54) is 4.57 Å². The van der Waals surface area contributed by atoms with Crippen LogP contribution in [0, 0.1) is 0 Å². The number of benzene rings is 3. The Morgan fingerprint density at radius 1 is 0.927 bits per heavy atom. The zero-order valence-corrected chi connectivity index (χ0v) is 23.6. The number of ether oxygens (including phenoxy) is 2. The van der Waals surface area contributed by atoms with Crippen LogP contribution in [0.4, 0.5) is 5.69 Å². The van der Waals surface area contributed by atoms with Crippen molar-refractivity contribution < 1.29 is 19.1 Å². The van der Waals surface area contributed by atoms with E-state index in [0.717, 1.165) is 22.6 Å². The van der Waals surface area contributed by atoms with Crippen LogP contribution in [0.5, 0.6) is 5.75 Å². The molecule has 0 saturated carbocycles. The standard InChI is InChI=1S/C32H27N3O5S/c1-4-39-21-17-15-20(16-18-21)27-25(31(38)40-5-2)26(19-11-7-6-8-12-19)33-32-35(27)30(37)28(41-32)24-22-13-9-10-14-23(22)34(3)29(24)36/h6-18,27H,4-5H2,1-3H3/b28-24+/t27-/m0/s1.